The summed E-state index contributed by atoms with van der Waals surface area (Å²) in [5, 5.41) is 0. The van der Waals surface area contributed by atoms with Gasteiger partial charge in [-0.05, 0) is 19.3 Å². The third-order valence-corrected chi connectivity index (χ3v) is 3.04. The smallest absolute Gasteiger partial charge is 0.277 e. The van der Waals surface area contributed by atoms with Crippen LogP contribution >= 0.6 is 0 Å². The van der Waals surface area contributed by atoms with Crippen LogP contribution in [0.15, 0.2) is 11.1 Å². The van der Waals surface area contributed by atoms with Gasteiger partial charge in [-0.3, -0.25) is 4.79 Å². The maximum Gasteiger partial charge on any atom is 0.277 e. The van der Waals surface area contributed by atoms with Crippen molar-refractivity contribution in [3.8, 4) is 5.88 Å². The molecule has 0 bridgehead atoms. The molecular formula is C11H17N3O3. The zero-order valence-corrected chi connectivity index (χ0v) is 9.81. The minimum absolute atomic E-state index is 0.0188. The lowest BCUT2D eigenvalue weighted by Crippen LogP contribution is -2.30. The minimum Gasteiger partial charge on any atom is -0.473 e. The van der Waals surface area contributed by atoms with Crippen LogP contribution in [0.3, 0.4) is 0 Å². The van der Waals surface area contributed by atoms with Gasteiger partial charge in [-0.15, -0.1) is 0 Å². The third kappa shape index (κ3) is 2.76. The van der Waals surface area contributed by atoms with Gasteiger partial charge in [0.1, 0.15) is 6.10 Å². The molecule has 1 aromatic heterocycles. The fraction of sp³-hybridized carbons (Fsp3) is 0.636. The monoisotopic (exact) mass is 239 g/mol. The van der Waals surface area contributed by atoms with E-state index < -0.39 is 0 Å². The molecular weight excluding hydrogens is 222 g/mol. The first-order valence-corrected chi connectivity index (χ1v) is 5.73. The first kappa shape index (κ1) is 11.9. The number of nitrogens with two attached hydrogens (primary N) is 1. The number of nitrogens with one attached hydrogen (secondary N) is 1. The highest BCUT2D eigenvalue weighted by atomic mass is 16.5. The van der Waals surface area contributed by atoms with E-state index in [0.29, 0.717) is 0 Å². The Kier molecular flexibility index (Phi) is 3.63. The average Bonchev–Trinajstić information content (AvgIpc) is 2.35. The standard InChI is InChI=1S/C11H17N3O3/c1-16-7-3-2-4-8(5-7)17-11-9(12)10(15)13-6-14-11/h6-8H,2-5,12H2,1H3,(H,13,14,15). The highest BCUT2D eigenvalue weighted by Gasteiger charge is 2.24. The average molecular weight is 239 g/mol. The fourth-order valence-electron chi connectivity index (χ4n) is 2.07. The van der Waals surface area contributed by atoms with E-state index in [2.05, 4.69) is 9.97 Å². The molecule has 6 heteroatoms. The number of aromatic amines is 1. The summed E-state index contributed by atoms with van der Waals surface area (Å²) in [6.07, 6.45) is 5.38. The van der Waals surface area contributed by atoms with Crippen LogP contribution in [0, 0.1) is 0 Å². The lowest BCUT2D eigenvalue weighted by molar-refractivity contribution is 0.0197. The number of nitrogens with zero attached hydrogens (tertiary/aromatic N) is 1. The second-order valence-electron chi connectivity index (χ2n) is 4.21. The number of H-pyrrole nitrogens is 1. The molecule has 1 aliphatic rings. The van der Waals surface area contributed by atoms with Gasteiger partial charge in [0.15, 0.2) is 5.69 Å². The molecule has 1 aliphatic carbocycles. The van der Waals surface area contributed by atoms with Crippen LogP contribution in [0.25, 0.3) is 0 Å². The predicted molar refractivity (Wildman–Crippen MR) is 63.0 cm³/mol. The van der Waals surface area contributed by atoms with Crippen LogP contribution in [0.5, 0.6) is 5.88 Å². The molecule has 0 aliphatic heterocycles. The molecule has 1 aromatic rings. The Bertz CT molecular complexity index is 432. The van der Waals surface area contributed by atoms with Gasteiger partial charge in [-0.1, -0.05) is 0 Å². The maximum atomic E-state index is 11.3. The Labute approximate surface area is 99.1 Å². The highest BCUT2D eigenvalue weighted by molar-refractivity contribution is 5.44. The second-order valence-corrected chi connectivity index (χ2v) is 4.21. The molecule has 2 rings (SSSR count). The molecule has 0 spiro atoms. The number of hydrogen-bond acceptors (Lipinski definition) is 5. The Morgan fingerprint density at radius 3 is 3.00 bits per heavy atom. The molecule has 94 valence electrons. The van der Waals surface area contributed by atoms with E-state index >= 15 is 0 Å². The fourth-order valence-corrected chi connectivity index (χ4v) is 2.07. The van der Waals surface area contributed by atoms with Gasteiger partial charge in [0.05, 0.1) is 12.4 Å². The van der Waals surface area contributed by atoms with E-state index in [1.54, 1.807) is 7.11 Å². The second kappa shape index (κ2) is 5.18. The summed E-state index contributed by atoms with van der Waals surface area (Å²) in [6, 6.07) is 0. The van der Waals surface area contributed by atoms with Crippen LogP contribution in [0.1, 0.15) is 25.7 Å². The molecule has 1 fully saturated rings. The topological polar surface area (TPSA) is 90.2 Å². The van der Waals surface area contributed by atoms with Gasteiger partial charge in [0.2, 0.25) is 5.88 Å². The number of aromatic nitrogens is 2. The quantitative estimate of drug-likeness (QED) is 0.809. The predicted octanol–water partition coefficient (Wildman–Crippen LogP) is 0.689. The Hall–Kier alpha value is -1.56. The SMILES string of the molecule is COC1CCCC(Oc2nc[nH]c(=O)c2N)C1. The van der Waals surface area contributed by atoms with E-state index in [1.807, 2.05) is 0 Å². The Morgan fingerprint density at radius 2 is 2.24 bits per heavy atom. The lowest BCUT2D eigenvalue weighted by Gasteiger charge is -2.28. The third-order valence-electron chi connectivity index (χ3n) is 3.04. The van der Waals surface area contributed by atoms with Crippen molar-refractivity contribution in [2.24, 2.45) is 0 Å². The number of rotatable bonds is 3. The summed E-state index contributed by atoms with van der Waals surface area (Å²) >= 11 is 0. The van der Waals surface area contributed by atoms with Gasteiger partial charge in [0, 0.05) is 13.5 Å². The summed E-state index contributed by atoms with van der Waals surface area (Å²) in [7, 11) is 1.70. The number of nitrogen functional groups attached to an aromatic ring is 1. The van der Waals surface area contributed by atoms with Gasteiger partial charge in [-0.2, -0.15) is 0 Å². The van der Waals surface area contributed by atoms with Crippen molar-refractivity contribution in [1.82, 2.24) is 9.97 Å². The van der Waals surface area contributed by atoms with Crippen LogP contribution in [0.2, 0.25) is 0 Å². The molecule has 2 atom stereocenters. The maximum absolute atomic E-state index is 11.3. The van der Waals surface area contributed by atoms with Crippen molar-refractivity contribution >= 4 is 5.69 Å². The van der Waals surface area contributed by atoms with Crippen LogP contribution < -0.4 is 16.0 Å². The molecule has 17 heavy (non-hydrogen) atoms. The first-order valence-electron chi connectivity index (χ1n) is 5.73. The normalized spacial score (nSPS) is 24.5. The molecule has 3 N–H and O–H groups in total. The van der Waals surface area contributed by atoms with Crippen molar-refractivity contribution in [3.63, 3.8) is 0 Å². The van der Waals surface area contributed by atoms with Gasteiger partial charge >= 0.3 is 0 Å². The van der Waals surface area contributed by atoms with Crippen LogP contribution in [0.4, 0.5) is 5.69 Å². The van der Waals surface area contributed by atoms with Crippen molar-refractivity contribution in [2.45, 2.75) is 37.9 Å². The zero-order valence-electron chi connectivity index (χ0n) is 9.81. The Balaban J connectivity index is 2.05. The molecule has 6 nitrogen and oxygen atoms in total. The van der Waals surface area contributed by atoms with E-state index in [9.17, 15) is 4.79 Å². The Morgan fingerprint density at radius 1 is 1.47 bits per heavy atom. The van der Waals surface area contributed by atoms with Crippen LogP contribution in [-0.4, -0.2) is 29.3 Å². The van der Waals surface area contributed by atoms with Gasteiger partial charge in [0.25, 0.3) is 5.56 Å². The van der Waals surface area contributed by atoms with E-state index in [1.165, 1.54) is 6.33 Å². The molecule has 0 aromatic carbocycles. The van der Waals surface area contributed by atoms with Crippen molar-refractivity contribution in [1.29, 1.82) is 0 Å². The molecule has 1 heterocycles. The lowest BCUT2D eigenvalue weighted by atomic mass is 9.95. The van der Waals surface area contributed by atoms with E-state index in [4.69, 9.17) is 15.2 Å². The minimum atomic E-state index is -0.367. The largest absolute Gasteiger partial charge is 0.473 e. The molecule has 1 saturated carbocycles. The van der Waals surface area contributed by atoms with Crippen molar-refractivity contribution < 1.29 is 9.47 Å². The molecule has 2 unspecified atom stereocenters. The molecule has 0 radical (unpaired) electrons. The van der Waals surface area contributed by atoms with Gasteiger partial charge < -0.3 is 20.2 Å². The van der Waals surface area contributed by atoms with Gasteiger partial charge in [-0.25, -0.2) is 4.98 Å². The summed E-state index contributed by atoms with van der Waals surface area (Å²) in [6.45, 7) is 0. The number of hydrogen-bond donors (Lipinski definition) is 2. The first-order chi connectivity index (χ1) is 8.20. The number of ether oxygens (including phenoxy) is 2. The van der Waals surface area contributed by atoms with Crippen molar-refractivity contribution in [3.05, 3.63) is 16.7 Å². The molecule has 0 saturated heterocycles. The zero-order chi connectivity index (χ0) is 12.3. The molecule has 0 amide bonds. The van der Waals surface area contributed by atoms with Crippen LogP contribution in [-0.2, 0) is 4.74 Å². The van der Waals surface area contributed by atoms with E-state index in [-0.39, 0.29) is 29.3 Å². The summed E-state index contributed by atoms with van der Waals surface area (Å²) in [5.74, 6) is 0.218. The summed E-state index contributed by atoms with van der Waals surface area (Å²) in [4.78, 5) is 17.6. The number of anilines is 1. The highest BCUT2D eigenvalue weighted by Crippen LogP contribution is 2.25. The summed E-state index contributed by atoms with van der Waals surface area (Å²) < 4.78 is 11.0. The summed E-state index contributed by atoms with van der Waals surface area (Å²) in [5.41, 5.74) is 5.27. The van der Waals surface area contributed by atoms with Crippen molar-refractivity contribution in [2.75, 3.05) is 12.8 Å². The van der Waals surface area contributed by atoms with E-state index in [0.717, 1.165) is 25.7 Å². The number of methoxy groups -OCH3 is 1.